The van der Waals surface area contributed by atoms with Gasteiger partial charge in [-0.3, -0.25) is 0 Å². The predicted octanol–water partition coefficient (Wildman–Crippen LogP) is 5.45. The van der Waals surface area contributed by atoms with Crippen LogP contribution in [0.25, 0.3) is 10.9 Å². The van der Waals surface area contributed by atoms with E-state index in [4.69, 9.17) is 20.9 Å². The lowest BCUT2D eigenvalue weighted by Gasteiger charge is -2.38. The lowest BCUT2D eigenvalue weighted by molar-refractivity contribution is 0.00578. The SMILES string of the molecule is CC1(C)OB(c2ccc3c(Cl)cn([Si](C)(C)C(C)(C)C)c3c2)OC1(C)C. The van der Waals surface area contributed by atoms with Gasteiger partial charge in [0.05, 0.1) is 16.2 Å². The minimum absolute atomic E-state index is 0.211. The van der Waals surface area contributed by atoms with Crippen LogP contribution in [0, 0.1) is 0 Å². The topological polar surface area (TPSA) is 23.4 Å². The molecule has 1 aromatic carbocycles. The molecular formula is C20H31BClNO2Si. The van der Waals surface area contributed by atoms with Crippen LogP contribution in [-0.4, -0.2) is 30.8 Å². The summed E-state index contributed by atoms with van der Waals surface area (Å²) in [6.07, 6.45) is 2.11. The second kappa shape index (κ2) is 5.87. The van der Waals surface area contributed by atoms with Crippen molar-refractivity contribution in [3.63, 3.8) is 0 Å². The molecule has 3 nitrogen and oxygen atoms in total. The molecule has 6 heteroatoms. The van der Waals surface area contributed by atoms with Crippen LogP contribution in [-0.2, 0) is 9.31 Å². The Hall–Kier alpha value is -0.748. The number of hydrogen-bond acceptors (Lipinski definition) is 2. The Kier molecular flexibility index (Phi) is 4.52. The summed E-state index contributed by atoms with van der Waals surface area (Å²) >= 11 is 6.58. The highest BCUT2D eigenvalue weighted by Gasteiger charge is 2.51. The molecule has 1 fully saturated rings. The zero-order valence-electron chi connectivity index (χ0n) is 17.5. The lowest BCUT2D eigenvalue weighted by atomic mass is 9.79. The zero-order valence-corrected chi connectivity index (χ0v) is 19.3. The Morgan fingerprint density at radius 1 is 1.04 bits per heavy atom. The summed E-state index contributed by atoms with van der Waals surface area (Å²) in [6, 6.07) is 6.37. The molecule has 0 N–H and O–H groups in total. The van der Waals surface area contributed by atoms with Gasteiger partial charge in [0.1, 0.15) is 0 Å². The molecule has 2 heterocycles. The Morgan fingerprint density at radius 3 is 2.08 bits per heavy atom. The predicted molar refractivity (Wildman–Crippen MR) is 115 cm³/mol. The van der Waals surface area contributed by atoms with Crippen LogP contribution >= 0.6 is 11.6 Å². The quantitative estimate of drug-likeness (QED) is 0.636. The number of fused-ring (bicyclic) bond motifs is 1. The van der Waals surface area contributed by atoms with Crippen molar-refractivity contribution in [1.82, 2.24) is 4.23 Å². The van der Waals surface area contributed by atoms with E-state index in [9.17, 15) is 0 Å². The molecule has 0 bridgehead atoms. The van der Waals surface area contributed by atoms with E-state index in [0.29, 0.717) is 0 Å². The fraction of sp³-hybridized carbons (Fsp3) is 0.600. The van der Waals surface area contributed by atoms with Crippen molar-refractivity contribution >= 4 is 43.3 Å². The smallest absolute Gasteiger partial charge is 0.399 e. The standard InChI is InChI=1S/C20H31BClNO2Si/c1-18(2,3)26(8,9)23-13-16(22)15-11-10-14(12-17(15)23)21-24-19(4,5)20(6,7)25-21/h10-13H,1-9H3. The molecule has 2 aromatic rings. The lowest BCUT2D eigenvalue weighted by Crippen LogP contribution is -2.45. The van der Waals surface area contributed by atoms with E-state index in [-0.39, 0.29) is 23.4 Å². The molecule has 3 rings (SSSR count). The fourth-order valence-corrected chi connectivity index (χ4v) is 5.45. The average molecular weight is 392 g/mol. The van der Waals surface area contributed by atoms with Crippen molar-refractivity contribution in [2.75, 3.05) is 0 Å². The van der Waals surface area contributed by atoms with Gasteiger partial charge in [-0.25, -0.2) is 0 Å². The monoisotopic (exact) mass is 391 g/mol. The van der Waals surface area contributed by atoms with Crippen LogP contribution in [0.15, 0.2) is 24.4 Å². The maximum atomic E-state index is 6.58. The van der Waals surface area contributed by atoms with E-state index >= 15 is 0 Å². The van der Waals surface area contributed by atoms with Gasteiger partial charge in [-0.2, -0.15) is 0 Å². The van der Waals surface area contributed by atoms with Gasteiger partial charge in [0.25, 0.3) is 0 Å². The number of benzene rings is 1. The van der Waals surface area contributed by atoms with E-state index in [1.54, 1.807) is 0 Å². The highest BCUT2D eigenvalue weighted by Crippen LogP contribution is 2.41. The molecule has 0 saturated carbocycles. The number of hydrogen-bond donors (Lipinski definition) is 0. The Morgan fingerprint density at radius 2 is 1.58 bits per heavy atom. The molecule has 0 unspecified atom stereocenters. The molecule has 0 amide bonds. The van der Waals surface area contributed by atoms with E-state index in [0.717, 1.165) is 15.9 Å². The highest BCUT2D eigenvalue weighted by molar-refractivity contribution is 6.79. The van der Waals surface area contributed by atoms with E-state index < -0.39 is 8.24 Å². The van der Waals surface area contributed by atoms with Crippen molar-refractivity contribution in [2.24, 2.45) is 0 Å². The van der Waals surface area contributed by atoms with Crippen molar-refractivity contribution in [1.29, 1.82) is 0 Å². The normalized spacial score (nSPS) is 20.2. The van der Waals surface area contributed by atoms with Crippen LogP contribution in [0.2, 0.25) is 23.2 Å². The van der Waals surface area contributed by atoms with Gasteiger partial charge in [0.2, 0.25) is 0 Å². The first-order chi connectivity index (χ1) is 11.7. The van der Waals surface area contributed by atoms with Gasteiger partial charge in [-0.15, -0.1) is 0 Å². The van der Waals surface area contributed by atoms with Gasteiger partial charge in [0, 0.05) is 17.1 Å². The minimum Gasteiger partial charge on any atom is -0.399 e. The molecule has 1 aromatic heterocycles. The fourth-order valence-electron chi connectivity index (χ4n) is 3.15. The summed E-state index contributed by atoms with van der Waals surface area (Å²) in [5.74, 6) is 0. The van der Waals surface area contributed by atoms with Gasteiger partial charge >= 0.3 is 7.12 Å². The second-order valence-electron chi connectivity index (χ2n) is 10.0. The summed E-state index contributed by atoms with van der Waals surface area (Å²) in [5.41, 5.74) is 1.54. The van der Waals surface area contributed by atoms with E-state index in [2.05, 4.69) is 90.2 Å². The first-order valence-electron chi connectivity index (χ1n) is 9.34. The molecule has 0 aliphatic carbocycles. The van der Waals surface area contributed by atoms with Crippen molar-refractivity contribution in [3.8, 4) is 0 Å². The molecule has 26 heavy (non-hydrogen) atoms. The summed E-state index contributed by atoms with van der Waals surface area (Å²) in [4.78, 5) is 0. The summed E-state index contributed by atoms with van der Waals surface area (Å²) in [6.45, 7) is 20.1. The maximum Gasteiger partial charge on any atom is 0.494 e. The van der Waals surface area contributed by atoms with Crippen LogP contribution in [0.3, 0.4) is 0 Å². The van der Waals surface area contributed by atoms with Crippen LogP contribution < -0.4 is 5.46 Å². The third-order valence-electron chi connectivity index (χ3n) is 6.74. The summed E-state index contributed by atoms with van der Waals surface area (Å²) < 4.78 is 14.9. The van der Waals surface area contributed by atoms with Gasteiger partial charge < -0.3 is 13.5 Å². The van der Waals surface area contributed by atoms with Crippen LogP contribution in [0.1, 0.15) is 48.5 Å². The number of rotatable bonds is 2. The van der Waals surface area contributed by atoms with Crippen molar-refractivity contribution < 1.29 is 9.31 Å². The molecule has 1 aliphatic rings. The molecule has 1 aliphatic heterocycles. The van der Waals surface area contributed by atoms with Gasteiger partial charge in [-0.1, -0.05) is 57.6 Å². The highest BCUT2D eigenvalue weighted by atomic mass is 35.5. The Labute approximate surface area is 164 Å². The maximum absolute atomic E-state index is 6.58. The summed E-state index contributed by atoms with van der Waals surface area (Å²) in [5, 5.41) is 2.12. The number of aromatic nitrogens is 1. The zero-order chi connectivity index (χ0) is 19.7. The largest absolute Gasteiger partial charge is 0.494 e. The average Bonchev–Trinajstić information content (AvgIpc) is 2.92. The van der Waals surface area contributed by atoms with Crippen LogP contribution in [0.4, 0.5) is 0 Å². The first-order valence-corrected chi connectivity index (χ1v) is 12.7. The summed E-state index contributed by atoms with van der Waals surface area (Å²) in [7, 11) is -2.15. The minimum atomic E-state index is -1.79. The van der Waals surface area contributed by atoms with E-state index in [1.165, 1.54) is 5.52 Å². The van der Waals surface area contributed by atoms with E-state index in [1.807, 2.05) is 0 Å². The van der Waals surface area contributed by atoms with Gasteiger partial charge in [-0.05, 0) is 44.3 Å². The Balaban J connectivity index is 2.11. The third-order valence-corrected chi connectivity index (χ3v) is 12.3. The molecule has 142 valence electrons. The molecule has 0 radical (unpaired) electrons. The molecular weight excluding hydrogens is 361 g/mol. The molecule has 0 atom stereocenters. The molecule has 0 spiro atoms. The first kappa shape index (κ1) is 20.0. The van der Waals surface area contributed by atoms with Crippen molar-refractivity contribution in [2.45, 2.75) is 77.8 Å². The number of halogens is 1. The second-order valence-corrected chi connectivity index (χ2v) is 15.5. The van der Waals surface area contributed by atoms with Crippen LogP contribution in [0.5, 0.6) is 0 Å². The third kappa shape index (κ3) is 2.97. The molecule has 1 saturated heterocycles. The number of nitrogens with zero attached hydrogens (tertiary/aromatic N) is 1. The van der Waals surface area contributed by atoms with Crippen molar-refractivity contribution in [3.05, 3.63) is 29.4 Å². The Bertz CT molecular complexity index is 835. The van der Waals surface area contributed by atoms with Gasteiger partial charge in [0.15, 0.2) is 8.24 Å².